The summed E-state index contributed by atoms with van der Waals surface area (Å²) < 4.78 is 1.55. The molecule has 2 aromatic heterocycles. The topological polar surface area (TPSA) is 67.2 Å². The first-order valence-electron chi connectivity index (χ1n) is 9.64. The van der Waals surface area contributed by atoms with Crippen molar-refractivity contribution < 1.29 is 4.79 Å². The second kappa shape index (κ2) is 8.21. The predicted octanol–water partition coefficient (Wildman–Crippen LogP) is 3.76. The van der Waals surface area contributed by atoms with Gasteiger partial charge in [-0.3, -0.25) is 14.2 Å². The van der Waals surface area contributed by atoms with E-state index in [0.717, 1.165) is 16.6 Å². The highest BCUT2D eigenvalue weighted by atomic mass is 16.2. The number of rotatable bonds is 5. The number of pyridine rings is 2. The Kier molecular flexibility index (Phi) is 5.30. The molecule has 2 heterocycles. The van der Waals surface area contributed by atoms with Gasteiger partial charge in [0.15, 0.2) is 0 Å². The molecule has 0 radical (unpaired) electrons. The number of fused-ring (bicyclic) bond motifs is 1. The number of hydrogen-bond donors (Lipinski definition) is 1. The third-order valence-electron chi connectivity index (χ3n) is 4.92. The highest BCUT2D eigenvalue weighted by Crippen LogP contribution is 2.17. The molecule has 150 valence electrons. The number of anilines is 2. The van der Waals surface area contributed by atoms with Crippen LogP contribution in [-0.2, 0) is 6.54 Å². The smallest absolute Gasteiger partial charge is 0.265 e. The molecule has 1 N–H and O–H groups in total. The molecule has 2 aromatic carbocycles. The summed E-state index contributed by atoms with van der Waals surface area (Å²) >= 11 is 0. The van der Waals surface area contributed by atoms with Gasteiger partial charge in [-0.25, -0.2) is 4.98 Å². The minimum Gasteiger partial charge on any atom is -0.378 e. The third kappa shape index (κ3) is 3.93. The third-order valence-corrected chi connectivity index (χ3v) is 4.92. The van der Waals surface area contributed by atoms with Gasteiger partial charge in [0.2, 0.25) is 0 Å². The SMILES string of the molecule is CN(C)c1ccc(NC(=O)c2cc3cccnc3n(Cc3ccccc3)c2=O)cc1. The van der Waals surface area contributed by atoms with Gasteiger partial charge in [-0.05, 0) is 48.0 Å². The molecule has 6 nitrogen and oxygen atoms in total. The highest BCUT2D eigenvalue weighted by Gasteiger charge is 2.17. The van der Waals surface area contributed by atoms with E-state index in [1.165, 1.54) is 0 Å². The summed E-state index contributed by atoms with van der Waals surface area (Å²) in [6, 6.07) is 22.4. The Bertz CT molecular complexity index is 1250. The molecule has 0 aliphatic rings. The number of benzene rings is 2. The lowest BCUT2D eigenvalue weighted by Gasteiger charge is -2.14. The number of amides is 1. The first kappa shape index (κ1) is 19.4. The van der Waals surface area contributed by atoms with E-state index in [1.807, 2.05) is 79.7 Å². The van der Waals surface area contributed by atoms with Crippen molar-refractivity contribution in [2.24, 2.45) is 0 Å². The molecule has 0 aliphatic heterocycles. The normalized spacial score (nSPS) is 10.7. The average Bonchev–Trinajstić information content (AvgIpc) is 2.76. The Labute approximate surface area is 174 Å². The van der Waals surface area contributed by atoms with E-state index < -0.39 is 5.91 Å². The lowest BCUT2D eigenvalue weighted by Crippen LogP contribution is -2.30. The van der Waals surface area contributed by atoms with Crippen molar-refractivity contribution in [2.75, 3.05) is 24.3 Å². The van der Waals surface area contributed by atoms with E-state index in [0.29, 0.717) is 17.9 Å². The standard InChI is InChI=1S/C24H22N4O2/c1-27(2)20-12-10-19(11-13-20)26-23(29)21-15-18-9-6-14-25-22(18)28(24(21)30)16-17-7-4-3-5-8-17/h3-15H,16H2,1-2H3,(H,26,29). The summed E-state index contributed by atoms with van der Waals surface area (Å²) in [5, 5.41) is 3.57. The maximum Gasteiger partial charge on any atom is 0.265 e. The van der Waals surface area contributed by atoms with E-state index in [4.69, 9.17) is 0 Å². The van der Waals surface area contributed by atoms with Crippen molar-refractivity contribution in [3.05, 3.63) is 100 Å². The molecule has 30 heavy (non-hydrogen) atoms. The van der Waals surface area contributed by atoms with Gasteiger partial charge in [0, 0.05) is 37.1 Å². The summed E-state index contributed by atoms with van der Waals surface area (Å²) in [7, 11) is 3.90. The average molecular weight is 398 g/mol. The molecular formula is C24H22N4O2. The second-order valence-corrected chi connectivity index (χ2v) is 7.25. The molecule has 0 fully saturated rings. The Morgan fingerprint density at radius 2 is 1.73 bits per heavy atom. The van der Waals surface area contributed by atoms with Crippen LogP contribution in [0.3, 0.4) is 0 Å². The number of carbonyl (C=O) groups is 1. The van der Waals surface area contributed by atoms with E-state index in [-0.39, 0.29) is 11.1 Å². The van der Waals surface area contributed by atoms with Crippen molar-refractivity contribution >= 4 is 28.3 Å². The van der Waals surface area contributed by atoms with Crippen LogP contribution in [0.1, 0.15) is 15.9 Å². The van der Waals surface area contributed by atoms with Crippen LogP contribution in [0.5, 0.6) is 0 Å². The van der Waals surface area contributed by atoms with Gasteiger partial charge >= 0.3 is 0 Å². The fraction of sp³-hybridized carbons (Fsp3) is 0.125. The van der Waals surface area contributed by atoms with E-state index >= 15 is 0 Å². The van der Waals surface area contributed by atoms with Crippen LogP contribution >= 0.6 is 0 Å². The minimum absolute atomic E-state index is 0.0862. The number of aromatic nitrogens is 2. The zero-order chi connectivity index (χ0) is 21.1. The van der Waals surface area contributed by atoms with Crippen molar-refractivity contribution in [3.63, 3.8) is 0 Å². The van der Waals surface area contributed by atoms with Crippen LogP contribution in [-0.4, -0.2) is 29.6 Å². The Morgan fingerprint density at radius 3 is 2.43 bits per heavy atom. The fourth-order valence-corrected chi connectivity index (χ4v) is 3.32. The van der Waals surface area contributed by atoms with Gasteiger partial charge < -0.3 is 10.2 Å². The van der Waals surface area contributed by atoms with Gasteiger partial charge in [0.1, 0.15) is 11.2 Å². The Balaban J connectivity index is 1.72. The largest absolute Gasteiger partial charge is 0.378 e. The number of nitrogens with one attached hydrogen (secondary N) is 1. The maximum atomic E-state index is 13.2. The summed E-state index contributed by atoms with van der Waals surface area (Å²) in [4.78, 5) is 32.5. The summed E-state index contributed by atoms with van der Waals surface area (Å²) in [6.45, 7) is 0.339. The first-order chi connectivity index (χ1) is 14.5. The van der Waals surface area contributed by atoms with Crippen LogP contribution in [0.4, 0.5) is 11.4 Å². The van der Waals surface area contributed by atoms with Crippen molar-refractivity contribution in [1.82, 2.24) is 9.55 Å². The molecule has 0 saturated heterocycles. The van der Waals surface area contributed by atoms with Gasteiger partial charge in [-0.15, -0.1) is 0 Å². The van der Waals surface area contributed by atoms with Crippen LogP contribution in [0.15, 0.2) is 83.8 Å². The van der Waals surface area contributed by atoms with E-state index in [9.17, 15) is 9.59 Å². The first-order valence-corrected chi connectivity index (χ1v) is 9.64. The Morgan fingerprint density at radius 1 is 1.00 bits per heavy atom. The van der Waals surface area contributed by atoms with Crippen LogP contribution in [0.25, 0.3) is 11.0 Å². The van der Waals surface area contributed by atoms with Crippen LogP contribution < -0.4 is 15.8 Å². The fourth-order valence-electron chi connectivity index (χ4n) is 3.32. The number of hydrogen-bond acceptors (Lipinski definition) is 4. The Hall–Kier alpha value is -3.93. The number of nitrogens with zero attached hydrogens (tertiary/aromatic N) is 3. The van der Waals surface area contributed by atoms with Gasteiger partial charge in [-0.2, -0.15) is 0 Å². The van der Waals surface area contributed by atoms with Gasteiger partial charge in [0.25, 0.3) is 11.5 Å². The molecule has 0 aliphatic carbocycles. The zero-order valence-electron chi connectivity index (χ0n) is 16.9. The highest BCUT2D eigenvalue weighted by molar-refractivity contribution is 6.05. The summed E-state index contributed by atoms with van der Waals surface area (Å²) in [5.74, 6) is -0.440. The molecule has 6 heteroatoms. The maximum absolute atomic E-state index is 13.2. The molecule has 0 saturated carbocycles. The lowest BCUT2D eigenvalue weighted by atomic mass is 10.1. The van der Waals surface area contributed by atoms with E-state index in [1.54, 1.807) is 22.9 Å². The van der Waals surface area contributed by atoms with Crippen LogP contribution in [0, 0.1) is 0 Å². The summed E-state index contributed by atoms with van der Waals surface area (Å²) in [5.41, 5.74) is 2.89. The van der Waals surface area contributed by atoms with Crippen molar-refractivity contribution in [3.8, 4) is 0 Å². The summed E-state index contributed by atoms with van der Waals surface area (Å²) in [6.07, 6.45) is 1.65. The molecular weight excluding hydrogens is 376 g/mol. The molecule has 1 amide bonds. The van der Waals surface area contributed by atoms with Crippen molar-refractivity contribution in [1.29, 1.82) is 0 Å². The lowest BCUT2D eigenvalue weighted by molar-refractivity contribution is 0.102. The van der Waals surface area contributed by atoms with Crippen LogP contribution in [0.2, 0.25) is 0 Å². The molecule has 0 spiro atoms. The molecule has 0 unspecified atom stereocenters. The zero-order valence-corrected chi connectivity index (χ0v) is 16.9. The quantitative estimate of drug-likeness (QED) is 0.556. The second-order valence-electron chi connectivity index (χ2n) is 7.25. The van der Waals surface area contributed by atoms with E-state index in [2.05, 4.69) is 10.3 Å². The number of carbonyl (C=O) groups excluding carboxylic acids is 1. The van der Waals surface area contributed by atoms with Crippen molar-refractivity contribution in [2.45, 2.75) is 6.54 Å². The molecule has 0 atom stereocenters. The minimum atomic E-state index is -0.440. The van der Waals surface area contributed by atoms with Gasteiger partial charge in [0.05, 0.1) is 6.54 Å². The monoisotopic (exact) mass is 398 g/mol. The molecule has 4 rings (SSSR count). The van der Waals surface area contributed by atoms with Gasteiger partial charge in [-0.1, -0.05) is 30.3 Å². The predicted molar refractivity (Wildman–Crippen MR) is 120 cm³/mol. The molecule has 0 bridgehead atoms. The molecule has 4 aromatic rings.